The van der Waals surface area contributed by atoms with Crippen LogP contribution in [-0.2, 0) is 21.2 Å². The van der Waals surface area contributed by atoms with Crippen molar-refractivity contribution in [2.24, 2.45) is 0 Å². The second kappa shape index (κ2) is 9.52. The molecule has 0 atom stereocenters. The van der Waals surface area contributed by atoms with Crippen molar-refractivity contribution in [3.63, 3.8) is 0 Å². The lowest BCUT2D eigenvalue weighted by molar-refractivity contribution is -0.121. The number of nitrogens with one attached hydrogen (secondary N) is 2. The number of benzene rings is 1. The van der Waals surface area contributed by atoms with Gasteiger partial charge in [-0.1, -0.05) is 43.7 Å². The Hall–Kier alpha value is -1.40. The van der Waals surface area contributed by atoms with Gasteiger partial charge in [-0.15, -0.1) is 0 Å². The molecule has 0 unspecified atom stereocenters. The van der Waals surface area contributed by atoms with Gasteiger partial charge in [0.05, 0.1) is 5.75 Å². The summed E-state index contributed by atoms with van der Waals surface area (Å²) in [6, 6.07) is 9.79. The Morgan fingerprint density at radius 3 is 2.52 bits per heavy atom. The highest BCUT2D eigenvalue weighted by Gasteiger charge is 2.08. The molecule has 5 nitrogen and oxygen atoms in total. The van der Waals surface area contributed by atoms with Gasteiger partial charge < -0.3 is 5.32 Å². The molecule has 118 valence electrons. The van der Waals surface area contributed by atoms with Crippen molar-refractivity contribution < 1.29 is 13.2 Å². The van der Waals surface area contributed by atoms with E-state index >= 15 is 0 Å². The molecular weight excluding hydrogens is 288 g/mol. The molecule has 6 heteroatoms. The Kier molecular flexibility index (Phi) is 8.00. The van der Waals surface area contributed by atoms with Crippen LogP contribution >= 0.6 is 0 Å². The molecule has 0 radical (unpaired) electrons. The molecule has 1 rings (SSSR count). The van der Waals surface area contributed by atoms with E-state index in [4.69, 9.17) is 0 Å². The van der Waals surface area contributed by atoms with Crippen molar-refractivity contribution in [2.75, 3.05) is 18.8 Å². The number of hydrogen-bond donors (Lipinski definition) is 2. The first-order chi connectivity index (χ1) is 10.0. The van der Waals surface area contributed by atoms with Gasteiger partial charge in [0.25, 0.3) is 0 Å². The molecular formula is C15H24N2O3S. The van der Waals surface area contributed by atoms with Gasteiger partial charge in [-0.25, -0.2) is 13.1 Å². The van der Waals surface area contributed by atoms with Gasteiger partial charge in [-0.2, -0.15) is 0 Å². The van der Waals surface area contributed by atoms with Crippen molar-refractivity contribution in [3.05, 3.63) is 35.9 Å². The Labute approximate surface area is 127 Å². The summed E-state index contributed by atoms with van der Waals surface area (Å²) in [5.74, 6) is 0.0810. The number of carbonyl (C=O) groups excluding carboxylic acids is 1. The maximum Gasteiger partial charge on any atom is 0.220 e. The normalized spacial score (nSPS) is 11.3. The van der Waals surface area contributed by atoms with Crippen LogP contribution in [0.1, 0.15) is 31.7 Å². The molecule has 2 N–H and O–H groups in total. The third-order valence-corrected chi connectivity index (χ3v) is 4.49. The fraction of sp³-hybridized carbons (Fsp3) is 0.533. The Morgan fingerprint density at radius 2 is 1.86 bits per heavy atom. The largest absolute Gasteiger partial charge is 0.355 e. The third-order valence-electron chi connectivity index (χ3n) is 3.02. The molecule has 21 heavy (non-hydrogen) atoms. The lowest BCUT2D eigenvalue weighted by Gasteiger charge is -2.07. The van der Waals surface area contributed by atoms with Gasteiger partial charge in [0.2, 0.25) is 15.9 Å². The first-order valence-corrected chi connectivity index (χ1v) is 8.96. The lowest BCUT2D eigenvalue weighted by atomic mass is 10.1. The summed E-state index contributed by atoms with van der Waals surface area (Å²) in [6.07, 6.45) is 2.59. The van der Waals surface area contributed by atoms with Crippen LogP contribution in [0, 0.1) is 0 Å². The molecule has 0 aliphatic carbocycles. The second-order valence-electron chi connectivity index (χ2n) is 4.90. The van der Waals surface area contributed by atoms with E-state index in [9.17, 15) is 13.2 Å². The summed E-state index contributed by atoms with van der Waals surface area (Å²) in [5.41, 5.74) is 1.12. The molecule has 0 aliphatic rings. The highest BCUT2D eigenvalue weighted by atomic mass is 32.2. The van der Waals surface area contributed by atoms with Gasteiger partial charge >= 0.3 is 0 Å². The topological polar surface area (TPSA) is 75.3 Å². The maximum absolute atomic E-state index is 11.6. The number of aryl methyl sites for hydroxylation is 1. The molecule has 0 spiro atoms. The van der Waals surface area contributed by atoms with Crippen LogP contribution in [0.3, 0.4) is 0 Å². The highest BCUT2D eigenvalue weighted by molar-refractivity contribution is 7.89. The number of unbranched alkanes of at least 4 members (excludes halogenated alkanes) is 1. The van der Waals surface area contributed by atoms with Gasteiger partial charge in [0, 0.05) is 19.5 Å². The maximum atomic E-state index is 11.6. The van der Waals surface area contributed by atoms with Gasteiger partial charge in [-0.05, 0) is 18.4 Å². The van der Waals surface area contributed by atoms with Crippen molar-refractivity contribution in [1.82, 2.24) is 10.0 Å². The quantitative estimate of drug-likeness (QED) is 0.642. The number of rotatable bonds is 10. The van der Waals surface area contributed by atoms with E-state index < -0.39 is 10.0 Å². The average molecular weight is 312 g/mol. The molecule has 1 aromatic rings. The van der Waals surface area contributed by atoms with Crippen molar-refractivity contribution in [2.45, 2.75) is 32.6 Å². The summed E-state index contributed by atoms with van der Waals surface area (Å²) in [5, 5.41) is 2.72. The fourth-order valence-corrected chi connectivity index (χ4v) is 3.03. The minimum atomic E-state index is -3.20. The zero-order valence-electron chi connectivity index (χ0n) is 12.5. The fourth-order valence-electron chi connectivity index (χ4n) is 1.81. The molecule has 1 amide bonds. The summed E-state index contributed by atoms with van der Waals surface area (Å²) in [7, 11) is -3.20. The second-order valence-corrected chi connectivity index (χ2v) is 6.83. The average Bonchev–Trinajstić information content (AvgIpc) is 2.49. The van der Waals surface area contributed by atoms with Gasteiger partial charge in [0.15, 0.2) is 0 Å². The van der Waals surface area contributed by atoms with Crippen LogP contribution in [-0.4, -0.2) is 33.2 Å². The van der Waals surface area contributed by atoms with Crippen LogP contribution in [0.15, 0.2) is 30.3 Å². The minimum Gasteiger partial charge on any atom is -0.355 e. The molecule has 0 aliphatic heterocycles. The van der Waals surface area contributed by atoms with E-state index in [0.29, 0.717) is 25.8 Å². The number of hydrogen-bond acceptors (Lipinski definition) is 3. The van der Waals surface area contributed by atoms with Crippen LogP contribution in [0.25, 0.3) is 0 Å². The SMILES string of the molecule is CCCCS(=O)(=O)NCCNC(=O)CCc1ccccc1. The van der Waals surface area contributed by atoms with E-state index in [1.165, 1.54) is 0 Å². The van der Waals surface area contributed by atoms with Crippen LogP contribution in [0.2, 0.25) is 0 Å². The van der Waals surface area contributed by atoms with E-state index in [2.05, 4.69) is 10.0 Å². The summed E-state index contributed by atoms with van der Waals surface area (Å²) in [6.45, 7) is 2.50. The number of sulfonamides is 1. The molecule has 0 heterocycles. The van der Waals surface area contributed by atoms with E-state index in [0.717, 1.165) is 12.0 Å². The number of amides is 1. The molecule has 0 saturated carbocycles. The first kappa shape index (κ1) is 17.7. The Morgan fingerprint density at radius 1 is 1.14 bits per heavy atom. The monoisotopic (exact) mass is 312 g/mol. The smallest absolute Gasteiger partial charge is 0.220 e. The highest BCUT2D eigenvalue weighted by Crippen LogP contribution is 2.01. The number of carbonyl (C=O) groups is 1. The Balaban J connectivity index is 2.13. The van der Waals surface area contributed by atoms with Crippen LogP contribution in [0.4, 0.5) is 0 Å². The molecule has 1 aromatic carbocycles. The summed E-state index contributed by atoms with van der Waals surface area (Å²) in [4.78, 5) is 11.6. The molecule has 0 bridgehead atoms. The van der Waals surface area contributed by atoms with Crippen LogP contribution in [0.5, 0.6) is 0 Å². The first-order valence-electron chi connectivity index (χ1n) is 7.31. The third kappa shape index (κ3) is 8.47. The predicted octanol–water partition coefficient (Wildman–Crippen LogP) is 1.45. The van der Waals surface area contributed by atoms with E-state index in [1.807, 2.05) is 37.3 Å². The van der Waals surface area contributed by atoms with Gasteiger partial charge in [0.1, 0.15) is 0 Å². The zero-order chi connectivity index (χ0) is 15.6. The minimum absolute atomic E-state index is 0.0633. The van der Waals surface area contributed by atoms with Crippen molar-refractivity contribution >= 4 is 15.9 Å². The molecule has 0 aromatic heterocycles. The van der Waals surface area contributed by atoms with Gasteiger partial charge in [-0.3, -0.25) is 4.79 Å². The van der Waals surface area contributed by atoms with E-state index in [1.54, 1.807) is 0 Å². The lowest BCUT2D eigenvalue weighted by Crippen LogP contribution is -2.35. The van der Waals surface area contributed by atoms with Crippen molar-refractivity contribution in [1.29, 1.82) is 0 Å². The predicted molar refractivity (Wildman–Crippen MR) is 84.5 cm³/mol. The summed E-state index contributed by atoms with van der Waals surface area (Å²) >= 11 is 0. The standard InChI is InChI=1S/C15H24N2O3S/c1-2-3-13-21(19,20)17-12-11-16-15(18)10-9-14-7-5-4-6-8-14/h4-8,17H,2-3,9-13H2,1H3,(H,16,18). The summed E-state index contributed by atoms with van der Waals surface area (Å²) < 4.78 is 25.5. The van der Waals surface area contributed by atoms with Crippen LogP contribution < -0.4 is 10.0 Å². The van der Waals surface area contributed by atoms with Crippen molar-refractivity contribution in [3.8, 4) is 0 Å². The molecule has 0 saturated heterocycles. The van der Waals surface area contributed by atoms with E-state index in [-0.39, 0.29) is 18.2 Å². The Bertz CT molecular complexity index is 515. The zero-order valence-corrected chi connectivity index (χ0v) is 13.3. The molecule has 0 fully saturated rings.